The van der Waals surface area contributed by atoms with E-state index in [1.54, 1.807) is 11.8 Å². The van der Waals surface area contributed by atoms with E-state index in [-0.39, 0.29) is 0 Å². The van der Waals surface area contributed by atoms with Crippen molar-refractivity contribution in [3.05, 3.63) is 29.8 Å². The Balaban J connectivity index is 2.65. The van der Waals surface area contributed by atoms with Crippen molar-refractivity contribution in [3.63, 3.8) is 0 Å². The van der Waals surface area contributed by atoms with Crippen LogP contribution in [0, 0.1) is 11.8 Å². The molecule has 0 radical (unpaired) electrons. The summed E-state index contributed by atoms with van der Waals surface area (Å²) in [6.07, 6.45) is 4.11. The third-order valence-corrected chi connectivity index (χ3v) is 3.34. The molecule has 0 aliphatic rings. The molecule has 0 amide bonds. The molecule has 1 atom stereocenters. The monoisotopic (exact) mass is 233 g/mol. The molecule has 2 heteroatoms. The first-order chi connectivity index (χ1) is 7.81. The topological polar surface area (TPSA) is 12.0 Å². The molecule has 1 N–H and O–H groups in total. The normalized spacial score (nSPS) is 11.7. The molecule has 0 spiro atoms. The second-order valence-electron chi connectivity index (χ2n) is 3.58. The fraction of sp³-hybridized carbons (Fsp3) is 0.429. The predicted molar refractivity (Wildman–Crippen MR) is 72.7 cm³/mol. The fourth-order valence-electron chi connectivity index (χ4n) is 1.66. The van der Waals surface area contributed by atoms with Crippen LogP contribution < -0.4 is 5.32 Å². The van der Waals surface area contributed by atoms with E-state index in [9.17, 15) is 0 Å². The summed E-state index contributed by atoms with van der Waals surface area (Å²) in [5.41, 5.74) is 1.35. The molecule has 0 bridgehead atoms. The van der Waals surface area contributed by atoms with Crippen molar-refractivity contribution in [2.45, 2.75) is 30.7 Å². The zero-order valence-electron chi connectivity index (χ0n) is 10.2. The summed E-state index contributed by atoms with van der Waals surface area (Å²) in [6, 6.07) is 9.17. The number of hydrogen-bond acceptors (Lipinski definition) is 2. The fourth-order valence-corrected chi connectivity index (χ4v) is 2.06. The number of hydrogen-bond donors (Lipinski definition) is 1. The van der Waals surface area contributed by atoms with Crippen molar-refractivity contribution in [1.82, 2.24) is 5.32 Å². The van der Waals surface area contributed by atoms with Crippen LogP contribution >= 0.6 is 11.8 Å². The van der Waals surface area contributed by atoms with Gasteiger partial charge in [-0.3, -0.25) is 0 Å². The van der Waals surface area contributed by atoms with Crippen molar-refractivity contribution in [2.24, 2.45) is 0 Å². The summed E-state index contributed by atoms with van der Waals surface area (Å²) >= 11 is 1.78. The molecule has 0 fully saturated rings. The van der Waals surface area contributed by atoms with Gasteiger partial charge in [-0.05, 0) is 44.3 Å². The number of rotatable bonds is 5. The average molecular weight is 233 g/mol. The Labute approximate surface area is 103 Å². The van der Waals surface area contributed by atoms with Crippen LogP contribution in [-0.4, -0.2) is 13.3 Å². The van der Waals surface area contributed by atoms with E-state index in [1.807, 2.05) is 14.0 Å². The van der Waals surface area contributed by atoms with E-state index in [0.29, 0.717) is 6.04 Å². The lowest BCUT2D eigenvalue weighted by Gasteiger charge is -2.15. The van der Waals surface area contributed by atoms with E-state index < -0.39 is 0 Å². The van der Waals surface area contributed by atoms with Gasteiger partial charge in [0.1, 0.15) is 0 Å². The molecule has 86 valence electrons. The lowest BCUT2D eigenvalue weighted by atomic mass is 10.0. The van der Waals surface area contributed by atoms with E-state index in [0.717, 1.165) is 12.8 Å². The van der Waals surface area contributed by atoms with Gasteiger partial charge in [-0.1, -0.05) is 12.1 Å². The lowest BCUT2D eigenvalue weighted by Crippen LogP contribution is -2.15. The van der Waals surface area contributed by atoms with Crippen molar-refractivity contribution in [3.8, 4) is 11.8 Å². The minimum atomic E-state index is 0.414. The molecular formula is C14H19NS. The molecule has 1 unspecified atom stereocenters. The molecular weight excluding hydrogens is 214 g/mol. The van der Waals surface area contributed by atoms with Gasteiger partial charge in [-0.25, -0.2) is 0 Å². The van der Waals surface area contributed by atoms with E-state index >= 15 is 0 Å². The lowest BCUT2D eigenvalue weighted by molar-refractivity contribution is 0.558. The highest BCUT2D eigenvalue weighted by Gasteiger charge is 2.07. The maximum Gasteiger partial charge on any atom is 0.0326 e. The third kappa shape index (κ3) is 3.92. The van der Waals surface area contributed by atoms with Crippen LogP contribution in [0.2, 0.25) is 0 Å². The van der Waals surface area contributed by atoms with E-state index in [1.165, 1.54) is 10.5 Å². The van der Waals surface area contributed by atoms with Gasteiger partial charge in [0.25, 0.3) is 0 Å². The number of thioether (sulfide) groups is 1. The minimum Gasteiger partial charge on any atom is -0.313 e. The molecule has 0 saturated heterocycles. The Bertz CT molecular complexity index is 359. The summed E-state index contributed by atoms with van der Waals surface area (Å²) in [4.78, 5) is 1.31. The minimum absolute atomic E-state index is 0.414. The highest BCUT2D eigenvalue weighted by molar-refractivity contribution is 7.98. The van der Waals surface area contributed by atoms with Crippen LogP contribution in [0.25, 0.3) is 0 Å². The first kappa shape index (κ1) is 13.2. The molecule has 1 rings (SSSR count). The SMILES string of the molecule is CC#CCCC(NC)c1ccc(SC)cc1. The Morgan fingerprint density at radius 1 is 1.31 bits per heavy atom. The second-order valence-corrected chi connectivity index (χ2v) is 4.46. The van der Waals surface area contributed by atoms with Crippen LogP contribution in [0.1, 0.15) is 31.4 Å². The van der Waals surface area contributed by atoms with Crippen LogP contribution in [0.5, 0.6) is 0 Å². The molecule has 0 saturated carbocycles. The Morgan fingerprint density at radius 2 is 2.00 bits per heavy atom. The Morgan fingerprint density at radius 3 is 2.50 bits per heavy atom. The molecule has 0 heterocycles. The second kappa shape index (κ2) is 7.38. The Kier molecular flexibility index (Phi) is 6.07. The molecule has 1 nitrogen and oxygen atoms in total. The highest BCUT2D eigenvalue weighted by atomic mass is 32.2. The summed E-state index contributed by atoms with van der Waals surface area (Å²) < 4.78 is 0. The van der Waals surface area contributed by atoms with Crippen molar-refractivity contribution < 1.29 is 0 Å². The highest BCUT2D eigenvalue weighted by Crippen LogP contribution is 2.21. The van der Waals surface area contributed by atoms with Gasteiger partial charge < -0.3 is 5.32 Å². The van der Waals surface area contributed by atoms with Crippen LogP contribution in [-0.2, 0) is 0 Å². The molecule has 16 heavy (non-hydrogen) atoms. The van der Waals surface area contributed by atoms with Gasteiger partial charge in [-0.15, -0.1) is 23.6 Å². The standard InChI is InChI=1S/C14H19NS/c1-4-5-6-7-14(15-2)12-8-10-13(16-3)11-9-12/h8-11,14-15H,6-7H2,1-3H3. The van der Waals surface area contributed by atoms with Crippen LogP contribution in [0.3, 0.4) is 0 Å². The van der Waals surface area contributed by atoms with Gasteiger partial charge in [0, 0.05) is 17.4 Å². The van der Waals surface area contributed by atoms with Crippen molar-refractivity contribution >= 4 is 11.8 Å². The summed E-state index contributed by atoms with van der Waals surface area (Å²) in [7, 11) is 2.01. The zero-order valence-corrected chi connectivity index (χ0v) is 11.0. The van der Waals surface area contributed by atoms with Gasteiger partial charge in [0.2, 0.25) is 0 Å². The first-order valence-corrected chi connectivity index (χ1v) is 6.75. The largest absolute Gasteiger partial charge is 0.313 e. The Hall–Kier alpha value is -0.910. The van der Waals surface area contributed by atoms with Gasteiger partial charge in [-0.2, -0.15) is 0 Å². The van der Waals surface area contributed by atoms with Gasteiger partial charge >= 0.3 is 0 Å². The maximum atomic E-state index is 3.34. The number of benzene rings is 1. The van der Waals surface area contributed by atoms with Gasteiger partial charge in [0.15, 0.2) is 0 Å². The summed E-state index contributed by atoms with van der Waals surface area (Å²) in [5.74, 6) is 6.05. The molecule has 0 aliphatic heterocycles. The first-order valence-electron chi connectivity index (χ1n) is 5.52. The number of nitrogens with one attached hydrogen (secondary N) is 1. The van der Waals surface area contributed by atoms with Crippen molar-refractivity contribution in [1.29, 1.82) is 0 Å². The predicted octanol–water partition coefficient (Wildman–Crippen LogP) is 3.47. The maximum absolute atomic E-state index is 3.34. The molecule has 1 aromatic carbocycles. The smallest absolute Gasteiger partial charge is 0.0326 e. The van der Waals surface area contributed by atoms with E-state index in [4.69, 9.17) is 0 Å². The quantitative estimate of drug-likeness (QED) is 0.617. The molecule has 0 aromatic heterocycles. The van der Waals surface area contributed by atoms with Crippen molar-refractivity contribution in [2.75, 3.05) is 13.3 Å². The van der Waals surface area contributed by atoms with Gasteiger partial charge in [0.05, 0.1) is 0 Å². The van der Waals surface area contributed by atoms with Crippen LogP contribution in [0.4, 0.5) is 0 Å². The average Bonchev–Trinajstić information content (AvgIpc) is 2.35. The zero-order chi connectivity index (χ0) is 11.8. The summed E-state index contributed by atoms with van der Waals surface area (Å²) in [6.45, 7) is 1.89. The molecule has 0 aliphatic carbocycles. The molecule has 1 aromatic rings. The van der Waals surface area contributed by atoms with Crippen LogP contribution in [0.15, 0.2) is 29.2 Å². The van der Waals surface area contributed by atoms with E-state index in [2.05, 4.69) is 47.7 Å². The summed E-state index contributed by atoms with van der Waals surface area (Å²) in [5, 5.41) is 3.34. The third-order valence-electron chi connectivity index (χ3n) is 2.60.